The van der Waals surface area contributed by atoms with Crippen molar-refractivity contribution in [2.75, 3.05) is 43.9 Å². The first-order valence-electron chi connectivity index (χ1n) is 7.20. The van der Waals surface area contributed by atoms with Crippen molar-refractivity contribution in [1.29, 1.82) is 0 Å². The minimum atomic E-state index is 1.07. The fourth-order valence-corrected chi connectivity index (χ4v) is 3.87. The summed E-state index contributed by atoms with van der Waals surface area (Å²) in [6.45, 7) is 6.65. The number of unbranched alkanes of at least 4 members (excludes halogenated alkanes) is 3. The van der Waals surface area contributed by atoms with Crippen LogP contribution >= 0.6 is 23.5 Å². The zero-order valence-electron chi connectivity index (χ0n) is 12.0. The quantitative estimate of drug-likeness (QED) is 0.571. The van der Waals surface area contributed by atoms with E-state index in [9.17, 15) is 0 Å². The second-order valence-corrected chi connectivity index (χ2v) is 6.70. The molecule has 1 saturated heterocycles. The minimum Gasteiger partial charge on any atom is -0.351 e. The molecule has 0 radical (unpaired) electrons. The average molecular weight is 300 g/mol. The van der Waals surface area contributed by atoms with Crippen LogP contribution in [0.4, 0.5) is 5.82 Å². The van der Waals surface area contributed by atoms with E-state index in [1.54, 1.807) is 0 Å². The molecule has 1 fully saturated rings. The van der Waals surface area contributed by atoms with Gasteiger partial charge in [-0.2, -0.15) is 8.75 Å². The topological polar surface area (TPSA) is 32.3 Å². The molecule has 0 saturated carbocycles. The molecule has 0 unspecified atom stereocenters. The Morgan fingerprint density at radius 1 is 1.11 bits per heavy atom. The van der Waals surface area contributed by atoms with Gasteiger partial charge in [-0.1, -0.05) is 26.2 Å². The van der Waals surface area contributed by atoms with Crippen LogP contribution in [0.1, 0.15) is 32.6 Å². The van der Waals surface area contributed by atoms with Crippen LogP contribution in [-0.2, 0) is 0 Å². The molecular formula is C13H24N4S2. The van der Waals surface area contributed by atoms with E-state index in [2.05, 4.69) is 32.5 Å². The van der Waals surface area contributed by atoms with E-state index in [1.165, 1.54) is 43.2 Å². The Morgan fingerprint density at radius 3 is 2.63 bits per heavy atom. The fourth-order valence-electron chi connectivity index (χ4n) is 2.18. The van der Waals surface area contributed by atoms with Crippen LogP contribution < -0.4 is 4.90 Å². The molecule has 0 atom stereocenters. The maximum absolute atomic E-state index is 4.50. The number of thioether (sulfide) groups is 1. The number of piperazine rings is 1. The highest BCUT2D eigenvalue weighted by Crippen LogP contribution is 2.29. The zero-order chi connectivity index (χ0) is 13.5. The van der Waals surface area contributed by atoms with Crippen LogP contribution in [0.5, 0.6) is 0 Å². The predicted molar refractivity (Wildman–Crippen MR) is 84.5 cm³/mol. The van der Waals surface area contributed by atoms with E-state index in [-0.39, 0.29) is 0 Å². The lowest BCUT2D eigenvalue weighted by atomic mass is 10.2. The molecule has 2 rings (SSSR count). The van der Waals surface area contributed by atoms with Crippen molar-refractivity contribution >= 4 is 29.3 Å². The van der Waals surface area contributed by atoms with Crippen molar-refractivity contribution in [3.05, 3.63) is 0 Å². The van der Waals surface area contributed by atoms with Crippen molar-refractivity contribution in [2.24, 2.45) is 0 Å². The molecule has 19 heavy (non-hydrogen) atoms. The Morgan fingerprint density at radius 2 is 1.89 bits per heavy atom. The molecule has 1 aliphatic rings. The second kappa shape index (κ2) is 8.07. The smallest absolute Gasteiger partial charge is 0.176 e. The van der Waals surface area contributed by atoms with Gasteiger partial charge in [-0.05, 0) is 19.2 Å². The molecule has 1 aromatic heterocycles. The Labute approximate surface area is 124 Å². The minimum absolute atomic E-state index is 1.07. The van der Waals surface area contributed by atoms with Crippen LogP contribution in [0, 0.1) is 0 Å². The number of hydrogen-bond acceptors (Lipinski definition) is 6. The van der Waals surface area contributed by atoms with E-state index in [0.29, 0.717) is 0 Å². The number of rotatable bonds is 7. The van der Waals surface area contributed by atoms with Crippen molar-refractivity contribution in [3.63, 3.8) is 0 Å². The maximum Gasteiger partial charge on any atom is 0.176 e. The summed E-state index contributed by atoms with van der Waals surface area (Å²) in [5, 5.41) is 1.14. The second-order valence-electron chi connectivity index (χ2n) is 5.09. The number of anilines is 1. The Balaban J connectivity index is 1.80. The Hall–Kier alpha value is -0.330. The summed E-state index contributed by atoms with van der Waals surface area (Å²) in [5.41, 5.74) is 0. The lowest BCUT2D eigenvalue weighted by molar-refractivity contribution is 0.311. The van der Waals surface area contributed by atoms with Crippen molar-refractivity contribution in [1.82, 2.24) is 13.6 Å². The van der Waals surface area contributed by atoms with E-state index in [0.717, 1.165) is 37.0 Å². The molecule has 0 aliphatic carbocycles. The summed E-state index contributed by atoms with van der Waals surface area (Å²) in [4.78, 5) is 4.76. The van der Waals surface area contributed by atoms with Gasteiger partial charge in [0.05, 0.1) is 11.7 Å². The fraction of sp³-hybridized carbons (Fsp3) is 0.846. The van der Waals surface area contributed by atoms with E-state index < -0.39 is 0 Å². The molecule has 0 spiro atoms. The summed E-state index contributed by atoms with van der Waals surface area (Å²) < 4.78 is 8.96. The third-order valence-electron chi connectivity index (χ3n) is 3.48. The highest BCUT2D eigenvalue weighted by Gasteiger charge is 2.20. The third kappa shape index (κ3) is 4.61. The monoisotopic (exact) mass is 300 g/mol. The Kier molecular flexibility index (Phi) is 6.40. The molecule has 2 heterocycles. The lowest BCUT2D eigenvalue weighted by Crippen LogP contribution is -2.44. The highest BCUT2D eigenvalue weighted by molar-refractivity contribution is 7.99. The van der Waals surface area contributed by atoms with Gasteiger partial charge < -0.3 is 9.80 Å². The number of hydrogen-bond donors (Lipinski definition) is 0. The third-order valence-corrected chi connectivity index (χ3v) is 5.16. The van der Waals surface area contributed by atoms with Crippen LogP contribution in [0.15, 0.2) is 5.03 Å². The standard InChI is InChI=1S/C13H24N4S2/c1-3-4-5-6-11-18-13-12(14-19-15-13)17-9-7-16(2)8-10-17/h3-11H2,1-2H3. The van der Waals surface area contributed by atoms with Crippen LogP contribution in [0.25, 0.3) is 0 Å². The van der Waals surface area contributed by atoms with Crippen molar-refractivity contribution in [2.45, 2.75) is 37.6 Å². The number of aromatic nitrogens is 2. The molecule has 0 amide bonds. The zero-order valence-corrected chi connectivity index (χ0v) is 13.6. The van der Waals surface area contributed by atoms with Crippen molar-refractivity contribution in [3.8, 4) is 0 Å². The SMILES string of the molecule is CCCCCCSc1nsnc1N1CCN(C)CC1. The summed E-state index contributed by atoms with van der Waals surface area (Å²) >= 11 is 3.23. The highest BCUT2D eigenvalue weighted by atomic mass is 32.2. The van der Waals surface area contributed by atoms with Crippen molar-refractivity contribution < 1.29 is 0 Å². The molecule has 1 aromatic rings. The predicted octanol–water partition coefficient (Wildman–Crippen LogP) is 2.96. The van der Waals surface area contributed by atoms with Crippen LogP contribution in [0.2, 0.25) is 0 Å². The van der Waals surface area contributed by atoms with E-state index in [1.807, 2.05) is 11.8 Å². The van der Waals surface area contributed by atoms with Gasteiger partial charge in [0.15, 0.2) is 10.8 Å². The first-order valence-corrected chi connectivity index (χ1v) is 8.91. The first-order chi connectivity index (χ1) is 9.31. The van der Waals surface area contributed by atoms with E-state index >= 15 is 0 Å². The average Bonchev–Trinajstić information content (AvgIpc) is 2.88. The van der Waals surface area contributed by atoms with Crippen LogP contribution in [0.3, 0.4) is 0 Å². The molecule has 4 nitrogen and oxygen atoms in total. The molecule has 0 aromatic carbocycles. The molecule has 0 bridgehead atoms. The summed E-state index contributed by atoms with van der Waals surface area (Å²) in [6.07, 6.45) is 5.28. The van der Waals surface area contributed by atoms with Gasteiger partial charge in [-0.25, -0.2) is 0 Å². The molecule has 6 heteroatoms. The maximum atomic E-state index is 4.50. The summed E-state index contributed by atoms with van der Waals surface area (Å²) in [7, 11) is 2.18. The lowest BCUT2D eigenvalue weighted by Gasteiger charge is -2.32. The van der Waals surface area contributed by atoms with Gasteiger partial charge in [0.25, 0.3) is 0 Å². The first kappa shape index (κ1) is 15.1. The molecular weight excluding hydrogens is 276 g/mol. The van der Waals surface area contributed by atoms with E-state index in [4.69, 9.17) is 0 Å². The van der Waals surface area contributed by atoms with Gasteiger partial charge >= 0.3 is 0 Å². The van der Waals surface area contributed by atoms with Gasteiger partial charge in [0.1, 0.15) is 0 Å². The van der Waals surface area contributed by atoms with Gasteiger partial charge in [-0.3, -0.25) is 0 Å². The Bertz CT molecular complexity index is 361. The van der Waals surface area contributed by atoms with Gasteiger partial charge in [0.2, 0.25) is 0 Å². The summed E-state index contributed by atoms with van der Waals surface area (Å²) in [6, 6.07) is 0. The van der Waals surface area contributed by atoms with Gasteiger partial charge in [0, 0.05) is 26.2 Å². The number of nitrogens with zero attached hydrogens (tertiary/aromatic N) is 4. The number of likely N-dealkylation sites (N-methyl/N-ethyl adjacent to an activating group) is 1. The van der Waals surface area contributed by atoms with Gasteiger partial charge in [-0.15, -0.1) is 11.8 Å². The molecule has 1 aliphatic heterocycles. The normalized spacial score (nSPS) is 17.1. The molecule has 108 valence electrons. The largest absolute Gasteiger partial charge is 0.351 e. The summed E-state index contributed by atoms with van der Waals surface area (Å²) in [5.74, 6) is 2.30. The molecule has 0 N–H and O–H groups in total. The van der Waals surface area contributed by atoms with Crippen LogP contribution in [-0.4, -0.2) is 52.6 Å².